The van der Waals surface area contributed by atoms with Crippen molar-refractivity contribution in [1.29, 1.82) is 0 Å². The molecule has 0 aliphatic carbocycles. The van der Waals surface area contributed by atoms with Crippen LogP contribution in [0.1, 0.15) is 12.5 Å². The first-order valence-corrected chi connectivity index (χ1v) is 8.48. The molecule has 1 aromatic carbocycles. The Labute approximate surface area is 164 Å². The lowest BCUT2D eigenvalue weighted by Gasteiger charge is -2.22. The minimum absolute atomic E-state index is 0.194. The molecule has 3 N–H and O–H groups in total. The van der Waals surface area contributed by atoms with Crippen LogP contribution in [0.15, 0.2) is 30.3 Å². The van der Waals surface area contributed by atoms with E-state index in [1.807, 2.05) is 0 Å². The maximum Gasteiger partial charge on any atom is 0.383 e. The Balaban J connectivity index is 0.00000210. The number of aliphatic carboxylic acids is 1. The highest BCUT2D eigenvalue weighted by Gasteiger charge is 2.50. The maximum atomic E-state index is 14.0. The number of Topliss-reactive ketones (excluding diaryl/α,β-unsaturated/α-hetero) is 1. The summed E-state index contributed by atoms with van der Waals surface area (Å²) in [6, 6.07) is 6.46. The maximum absolute atomic E-state index is 14.0. The van der Waals surface area contributed by atoms with Crippen molar-refractivity contribution in [3.8, 4) is 0 Å². The summed E-state index contributed by atoms with van der Waals surface area (Å²) in [4.78, 5) is 44.9. The average molecular weight is 427 g/mol. The predicted molar refractivity (Wildman–Crippen MR) is 94.9 cm³/mol. The fourth-order valence-electron chi connectivity index (χ4n) is 1.90. The lowest BCUT2D eigenvalue weighted by Crippen LogP contribution is -2.55. The van der Waals surface area contributed by atoms with E-state index in [0.717, 1.165) is 6.92 Å². The van der Waals surface area contributed by atoms with Crippen molar-refractivity contribution in [3.63, 3.8) is 0 Å². The molecule has 7 nitrogen and oxygen atoms in total. The topological polar surface area (TPSA) is 113 Å². The van der Waals surface area contributed by atoms with Gasteiger partial charge in [-0.15, -0.1) is 23.2 Å². The molecule has 2 amide bonds. The van der Waals surface area contributed by atoms with Crippen molar-refractivity contribution >= 4 is 46.8 Å². The number of carboxylic acids is 1. The molecule has 0 saturated carbocycles. The molecule has 0 radical (unpaired) electrons. The highest BCUT2D eigenvalue weighted by atomic mass is 35.5. The summed E-state index contributed by atoms with van der Waals surface area (Å²) in [5.74, 6) is -10.6. The first-order valence-electron chi connectivity index (χ1n) is 7.41. The monoisotopic (exact) mass is 426 g/mol. The number of rotatable bonds is 8. The fraction of sp³-hybridized carbons (Fsp3) is 0.375. The van der Waals surface area contributed by atoms with Gasteiger partial charge in [-0.3, -0.25) is 19.2 Å². The first-order chi connectivity index (χ1) is 12.6. The molecule has 27 heavy (non-hydrogen) atoms. The summed E-state index contributed by atoms with van der Waals surface area (Å²) < 4.78 is 27.9. The number of nitrogens with one attached hydrogen (secondary N) is 2. The standard InChI is InChI=1S/C15H16F2N2O5.CH2Cl2/c1-9(20)19-11(7-10-5-3-2-4-6-10)13(23)15(16,17)14(24)18-8-12(21)22;2-1-3/h2-6,11H,7-8H2,1H3,(H,18,24)(H,19,20)(H,21,22);1H2. The number of alkyl halides is 4. The van der Waals surface area contributed by atoms with Crippen LogP contribution in [0.4, 0.5) is 8.78 Å². The zero-order chi connectivity index (χ0) is 21.0. The number of amides is 2. The van der Waals surface area contributed by atoms with Crippen molar-refractivity contribution in [2.75, 3.05) is 11.9 Å². The smallest absolute Gasteiger partial charge is 0.383 e. The fourth-order valence-corrected chi connectivity index (χ4v) is 1.90. The van der Waals surface area contributed by atoms with Gasteiger partial charge in [-0.2, -0.15) is 8.78 Å². The minimum Gasteiger partial charge on any atom is -0.480 e. The van der Waals surface area contributed by atoms with E-state index in [2.05, 4.69) is 5.32 Å². The zero-order valence-corrected chi connectivity index (χ0v) is 15.7. The Morgan fingerprint density at radius 2 is 1.67 bits per heavy atom. The van der Waals surface area contributed by atoms with Crippen LogP contribution in [0.5, 0.6) is 0 Å². The van der Waals surface area contributed by atoms with Crippen molar-refractivity contribution in [2.45, 2.75) is 25.3 Å². The quantitative estimate of drug-likeness (QED) is 0.431. The molecule has 0 spiro atoms. The van der Waals surface area contributed by atoms with Crippen LogP contribution < -0.4 is 10.6 Å². The third kappa shape index (κ3) is 9.30. The Morgan fingerprint density at radius 3 is 2.11 bits per heavy atom. The van der Waals surface area contributed by atoms with E-state index in [1.165, 1.54) is 5.32 Å². The van der Waals surface area contributed by atoms with Crippen molar-refractivity contribution in [3.05, 3.63) is 35.9 Å². The molecule has 0 heterocycles. The molecule has 1 rings (SSSR count). The average Bonchev–Trinajstić information content (AvgIpc) is 2.59. The van der Waals surface area contributed by atoms with Gasteiger partial charge < -0.3 is 15.7 Å². The van der Waals surface area contributed by atoms with Crippen LogP contribution in [-0.4, -0.2) is 52.5 Å². The molecule has 0 aromatic heterocycles. The molecular weight excluding hydrogens is 409 g/mol. The number of carboxylic acid groups (broad SMARTS) is 1. The number of carbonyl (C=O) groups excluding carboxylic acids is 3. The van der Waals surface area contributed by atoms with Crippen LogP contribution in [0.3, 0.4) is 0 Å². The van der Waals surface area contributed by atoms with Crippen molar-refractivity contribution in [1.82, 2.24) is 10.6 Å². The number of halogens is 4. The normalized spacial score (nSPS) is 11.4. The van der Waals surface area contributed by atoms with E-state index in [0.29, 0.717) is 5.56 Å². The summed E-state index contributed by atoms with van der Waals surface area (Å²) in [6.07, 6.45) is -0.235. The van der Waals surface area contributed by atoms with Gasteiger partial charge >= 0.3 is 11.9 Å². The summed E-state index contributed by atoms with van der Waals surface area (Å²) >= 11 is 9.53. The summed E-state index contributed by atoms with van der Waals surface area (Å²) in [7, 11) is 0. The molecule has 0 saturated heterocycles. The molecule has 0 fully saturated rings. The second-order valence-corrected chi connectivity index (χ2v) is 5.87. The SMILES string of the molecule is CC(=O)NC(Cc1ccccc1)C(=O)C(F)(F)C(=O)NCC(=O)O.ClCCl. The second-order valence-electron chi connectivity index (χ2n) is 5.06. The number of benzene rings is 1. The Bertz CT molecular complexity index is 659. The Morgan fingerprint density at radius 1 is 1.15 bits per heavy atom. The molecule has 0 aliphatic rings. The third-order valence-electron chi connectivity index (χ3n) is 2.97. The lowest BCUT2D eigenvalue weighted by atomic mass is 9.98. The van der Waals surface area contributed by atoms with Crippen LogP contribution in [0.2, 0.25) is 0 Å². The number of hydrogen-bond acceptors (Lipinski definition) is 4. The molecule has 0 bridgehead atoms. The first kappa shape index (κ1) is 24.7. The van der Waals surface area contributed by atoms with Crippen molar-refractivity contribution < 1.29 is 33.1 Å². The number of ketones is 1. The molecule has 11 heteroatoms. The van der Waals surface area contributed by atoms with Gasteiger partial charge in [0, 0.05) is 13.3 Å². The lowest BCUT2D eigenvalue weighted by molar-refractivity contribution is -0.161. The van der Waals surface area contributed by atoms with Crippen LogP contribution in [0, 0.1) is 0 Å². The predicted octanol–water partition coefficient (Wildman–Crippen LogP) is 1.56. The highest BCUT2D eigenvalue weighted by molar-refractivity contribution is 6.40. The number of hydrogen-bond donors (Lipinski definition) is 3. The van der Waals surface area contributed by atoms with Gasteiger partial charge in [-0.25, -0.2) is 0 Å². The summed E-state index contributed by atoms with van der Waals surface area (Å²) in [5.41, 5.74) is 0.506. The van der Waals surface area contributed by atoms with E-state index in [9.17, 15) is 28.0 Å². The van der Waals surface area contributed by atoms with Crippen LogP contribution in [0.25, 0.3) is 0 Å². The van der Waals surface area contributed by atoms with Crippen LogP contribution in [-0.2, 0) is 25.6 Å². The molecule has 150 valence electrons. The van der Waals surface area contributed by atoms with E-state index >= 15 is 0 Å². The van der Waals surface area contributed by atoms with E-state index < -0.39 is 42.1 Å². The van der Waals surface area contributed by atoms with E-state index in [4.69, 9.17) is 28.3 Å². The summed E-state index contributed by atoms with van der Waals surface area (Å²) in [5, 5.41) is 12.1. The molecule has 1 unspecified atom stereocenters. The van der Waals surface area contributed by atoms with Gasteiger partial charge in [0.05, 0.1) is 11.4 Å². The van der Waals surface area contributed by atoms with Crippen LogP contribution >= 0.6 is 23.2 Å². The highest BCUT2D eigenvalue weighted by Crippen LogP contribution is 2.19. The zero-order valence-electron chi connectivity index (χ0n) is 14.2. The Hall–Kier alpha value is -2.26. The molecule has 1 atom stereocenters. The van der Waals surface area contributed by atoms with Gasteiger partial charge in [0.2, 0.25) is 11.7 Å². The number of carbonyl (C=O) groups is 4. The Kier molecular flexibility index (Phi) is 11.2. The third-order valence-corrected chi connectivity index (χ3v) is 2.97. The van der Waals surface area contributed by atoms with E-state index in [-0.39, 0.29) is 11.8 Å². The molecule has 1 aromatic rings. The minimum atomic E-state index is -4.47. The molecular formula is C16H18Cl2F2N2O5. The summed E-state index contributed by atoms with van der Waals surface area (Å²) in [6.45, 7) is -0.000885. The van der Waals surface area contributed by atoms with Gasteiger partial charge in [-0.1, -0.05) is 30.3 Å². The van der Waals surface area contributed by atoms with Gasteiger partial charge in [0.25, 0.3) is 5.91 Å². The van der Waals surface area contributed by atoms with E-state index in [1.54, 1.807) is 30.3 Å². The van der Waals surface area contributed by atoms with Crippen molar-refractivity contribution in [2.24, 2.45) is 0 Å². The van der Waals surface area contributed by atoms with Gasteiger partial charge in [0.15, 0.2) is 0 Å². The molecule has 0 aliphatic heterocycles. The largest absolute Gasteiger partial charge is 0.480 e. The van der Waals surface area contributed by atoms with Gasteiger partial charge in [0.1, 0.15) is 6.54 Å². The second kappa shape index (κ2) is 12.2. The van der Waals surface area contributed by atoms with Gasteiger partial charge in [-0.05, 0) is 5.56 Å².